The number of fused-ring (bicyclic) bond motifs is 3. The summed E-state index contributed by atoms with van der Waals surface area (Å²) in [6, 6.07) is 13.3. The topological polar surface area (TPSA) is 93.5 Å². The molecule has 0 aromatic heterocycles. The monoisotopic (exact) mass is 490 g/mol. The Morgan fingerprint density at radius 2 is 2.00 bits per heavy atom. The van der Waals surface area contributed by atoms with Gasteiger partial charge in [-0.25, -0.2) is 0 Å². The van der Waals surface area contributed by atoms with Crippen molar-refractivity contribution in [2.75, 3.05) is 11.9 Å². The average Bonchev–Trinajstić information content (AvgIpc) is 3.44. The van der Waals surface area contributed by atoms with Crippen molar-refractivity contribution < 1.29 is 14.4 Å². The molecule has 0 aliphatic carbocycles. The average molecular weight is 491 g/mol. The summed E-state index contributed by atoms with van der Waals surface area (Å²) in [5, 5.41) is 13.5. The molecule has 1 N–H and O–H groups in total. The van der Waals surface area contributed by atoms with Gasteiger partial charge >= 0.3 is 0 Å². The lowest BCUT2D eigenvalue weighted by Gasteiger charge is -2.35. The van der Waals surface area contributed by atoms with Crippen molar-refractivity contribution >= 4 is 35.0 Å². The van der Waals surface area contributed by atoms with Crippen LogP contribution in [0.1, 0.15) is 55.1 Å². The molecule has 180 valence electrons. The first-order valence-electron chi connectivity index (χ1n) is 11.7. The number of hydrogen-bond acceptors (Lipinski definition) is 4. The first-order valence-corrected chi connectivity index (χ1v) is 12.1. The number of rotatable bonds is 3. The highest BCUT2D eigenvalue weighted by atomic mass is 35.5. The molecule has 3 amide bonds. The number of halogens is 1. The minimum Gasteiger partial charge on any atom is -0.325 e. The lowest BCUT2D eigenvalue weighted by atomic mass is 9.80. The summed E-state index contributed by atoms with van der Waals surface area (Å²) >= 11 is 6.15. The molecule has 8 heteroatoms. The summed E-state index contributed by atoms with van der Waals surface area (Å²) in [5.74, 6) is -0.709. The molecule has 0 saturated carbocycles. The molecule has 2 aromatic rings. The van der Waals surface area contributed by atoms with Gasteiger partial charge in [-0.1, -0.05) is 50.6 Å². The standard InChI is InChI=1S/C27H27ClN4O3/c1-26(2,3)12-22(31-14-16-10-17(28)8-9-19(16)23(31)33)24(34)32-15-27(11-18(32)13-29)20-6-4-5-7-21(20)30-25(27)35/h4-10,18,22H,11-12,14-15H2,1-3H3,(H,30,35)/t18-,22-,27-/m0/s1. The van der Waals surface area contributed by atoms with E-state index in [4.69, 9.17) is 11.6 Å². The van der Waals surface area contributed by atoms with Gasteiger partial charge in [-0.3, -0.25) is 14.4 Å². The smallest absolute Gasteiger partial charge is 0.255 e. The van der Waals surface area contributed by atoms with Crippen LogP contribution in [0.2, 0.25) is 5.02 Å². The van der Waals surface area contributed by atoms with E-state index in [1.165, 1.54) is 4.90 Å². The molecule has 35 heavy (non-hydrogen) atoms. The van der Waals surface area contributed by atoms with E-state index in [1.807, 2.05) is 45.0 Å². The number of hydrogen-bond donors (Lipinski definition) is 1. The number of para-hydroxylation sites is 1. The second kappa shape index (κ2) is 8.10. The van der Waals surface area contributed by atoms with Gasteiger partial charge < -0.3 is 15.1 Å². The van der Waals surface area contributed by atoms with Crippen LogP contribution in [-0.2, 0) is 21.5 Å². The van der Waals surface area contributed by atoms with E-state index in [9.17, 15) is 19.6 Å². The van der Waals surface area contributed by atoms with Crippen LogP contribution in [-0.4, -0.2) is 46.1 Å². The molecule has 3 aliphatic rings. The highest BCUT2D eigenvalue weighted by molar-refractivity contribution is 6.30. The van der Waals surface area contributed by atoms with E-state index in [-0.39, 0.29) is 42.6 Å². The van der Waals surface area contributed by atoms with Crippen LogP contribution in [0.15, 0.2) is 42.5 Å². The lowest BCUT2D eigenvalue weighted by Crippen LogP contribution is -2.52. The third-order valence-corrected chi connectivity index (χ3v) is 7.52. The molecule has 2 aromatic carbocycles. The number of anilines is 1. The highest BCUT2D eigenvalue weighted by Crippen LogP contribution is 2.47. The minimum absolute atomic E-state index is 0.106. The molecule has 1 fully saturated rings. The lowest BCUT2D eigenvalue weighted by molar-refractivity contribution is -0.137. The Morgan fingerprint density at radius 1 is 1.26 bits per heavy atom. The molecule has 0 bridgehead atoms. The Labute approximate surface area is 209 Å². The second-order valence-electron chi connectivity index (χ2n) is 10.9. The highest BCUT2D eigenvalue weighted by Gasteiger charge is 2.57. The fraction of sp³-hybridized carbons (Fsp3) is 0.407. The quantitative estimate of drug-likeness (QED) is 0.700. The molecule has 7 nitrogen and oxygen atoms in total. The summed E-state index contributed by atoms with van der Waals surface area (Å²) in [5.41, 5.74) is 1.63. The van der Waals surface area contributed by atoms with Gasteiger partial charge in [0.2, 0.25) is 11.8 Å². The molecular weight excluding hydrogens is 464 g/mol. The van der Waals surface area contributed by atoms with Gasteiger partial charge in [0.05, 0.1) is 11.5 Å². The molecular formula is C27H27ClN4O3. The number of benzene rings is 2. The van der Waals surface area contributed by atoms with Crippen LogP contribution in [0.5, 0.6) is 0 Å². The SMILES string of the molecule is CC(C)(C)C[C@@H](C(=O)N1C[C@]2(C[C@H]1C#N)C(=O)Nc1ccccc12)N1Cc2cc(Cl)ccc2C1=O. The second-order valence-corrected chi connectivity index (χ2v) is 11.3. The molecule has 0 radical (unpaired) electrons. The molecule has 3 atom stereocenters. The Bertz CT molecular complexity index is 1290. The minimum atomic E-state index is -0.968. The maximum absolute atomic E-state index is 14.1. The Hall–Kier alpha value is -3.37. The summed E-state index contributed by atoms with van der Waals surface area (Å²) in [6.45, 7) is 6.44. The molecule has 1 saturated heterocycles. The Kier molecular flexibility index (Phi) is 5.41. The van der Waals surface area contributed by atoms with E-state index in [0.29, 0.717) is 17.0 Å². The number of carbonyl (C=O) groups excluding carboxylic acids is 3. The third-order valence-electron chi connectivity index (χ3n) is 7.28. The number of nitriles is 1. The fourth-order valence-corrected chi connectivity index (χ4v) is 5.85. The summed E-state index contributed by atoms with van der Waals surface area (Å²) in [6.07, 6.45) is 0.647. The van der Waals surface area contributed by atoms with Crippen LogP contribution in [0.25, 0.3) is 0 Å². The molecule has 0 unspecified atom stereocenters. The summed E-state index contributed by atoms with van der Waals surface area (Å²) in [4.78, 5) is 43.7. The van der Waals surface area contributed by atoms with Crippen LogP contribution in [0.4, 0.5) is 5.69 Å². The van der Waals surface area contributed by atoms with E-state index in [0.717, 1.165) is 16.8 Å². The maximum Gasteiger partial charge on any atom is 0.255 e. The zero-order valence-corrected chi connectivity index (χ0v) is 20.7. The van der Waals surface area contributed by atoms with Gasteiger partial charge in [-0.2, -0.15) is 5.26 Å². The Morgan fingerprint density at radius 3 is 2.71 bits per heavy atom. The van der Waals surface area contributed by atoms with Crippen molar-refractivity contribution in [1.82, 2.24) is 9.80 Å². The van der Waals surface area contributed by atoms with Crippen molar-refractivity contribution in [1.29, 1.82) is 5.26 Å². The van der Waals surface area contributed by atoms with Gasteiger partial charge in [-0.15, -0.1) is 0 Å². The van der Waals surface area contributed by atoms with E-state index < -0.39 is 17.5 Å². The zero-order valence-electron chi connectivity index (χ0n) is 20.0. The van der Waals surface area contributed by atoms with Crippen LogP contribution >= 0.6 is 11.6 Å². The number of carbonyl (C=O) groups is 3. The molecule has 1 spiro atoms. The predicted molar refractivity (Wildman–Crippen MR) is 132 cm³/mol. The van der Waals surface area contributed by atoms with Crippen molar-refractivity contribution in [3.63, 3.8) is 0 Å². The third kappa shape index (κ3) is 3.77. The van der Waals surface area contributed by atoms with E-state index in [2.05, 4.69) is 11.4 Å². The van der Waals surface area contributed by atoms with Gasteiger partial charge in [0, 0.05) is 35.8 Å². The van der Waals surface area contributed by atoms with Gasteiger partial charge in [0.25, 0.3) is 5.91 Å². The van der Waals surface area contributed by atoms with E-state index >= 15 is 0 Å². The van der Waals surface area contributed by atoms with Gasteiger partial charge in [-0.05, 0) is 47.2 Å². The Balaban J connectivity index is 1.50. The number of nitrogens with one attached hydrogen (secondary N) is 1. The van der Waals surface area contributed by atoms with Crippen LogP contribution in [0.3, 0.4) is 0 Å². The zero-order chi connectivity index (χ0) is 25.1. The van der Waals surface area contributed by atoms with Crippen molar-refractivity contribution in [3.8, 4) is 6.07 Å². The molecule has 3 aliphatic heterocycles. The van der Waals surface area contributed by atoms with Crippen molar-refractivity contribution in [2.45, 2.75) is 57.7 Å². The van der Waals surface area contributed by atoms with Gasteiger partial charge in [0.15, 0.2) is 0 Å². The maximum atomic E-state index is 14.1. The first-order chi connectivity index (χ1) is 16.5. The largest absolute Gasteiger partial charge is 0.325 e. The molecule has 3 heterocycles. The number of likely N-dealkylation sites (tertiary alicyclic amines) is 1. The van der Waals surface area contributed by atoms with Crippen molar-refractivity contribution in [2.24, 2.45) is 5.41 Å². The van der Waals surface area contributed by atoms with Gasteiger partial charge in [0.1, 0.15) is 12.1 Å². The fourth-order valence-electron chi connectivity index (χ4n) is 5.65. The predicted octanol–water partition coefficient (Wildman–Crippen LogP) is 4.12. The summed E-state index contributed by atoms with van der Waals surface area (Å²) in [7, 11) is 0. The van der Waals surface area contributed by atoms with Crippen LogP contribution < -0.4 is 5.32 Å². The van der Waals surface area contributed by atoms with E-state index in [1.54, 1.807) is 23.1 Å². The summed E-state index contributed by atoms with van der Waals surface area (Å²) < 4.78 is 0. The first kappa shape index (κ1) is 23.4. The molecule has 5 rings (SSSR count). The van der Waals surface area contributed by atoms with Crippen molar-refractivity contribution in [3.05, 3.63) is 64.2 Å². The number of nitrogens with zero attached hydrogens (tertiary/aromatic N) is 3. The number of amides is 3. The normalized spacial score (nSPS) is 23.8. The van der Waals surface area contributed by atoms with Crippen LogP contribution in [0, 0.1) is 16.7 Å².